The minimum absolute atomic E-state index is 0.113. The van der Waals surface area contributed by atoms with Gasteiger partial charge in [-0.15, -0.1) is 0 Å². The highest BCUT2D eigenvalue weighted by Gasteiger charge is 2.10. The highest BCUT2D eigenvalue weighted by molar-refractivity contribution is 6.30. The topological polar surface area (TPSA) is 17.1 Å². The van der Waals surface area contributed by atoms with Crippen LogP contribution < -0.4 is 0 Å². The number of aryl methyl sites for hydroxylation is 1. The molecule has 1 nitrogen and oxygen atoms in total. The van der Waals surface area contributed by atoms with E-state index in [2.05, 4.69) is 0 Å². The second kappa shape index (κ2) is 4.91. The molecule has 18 heavy (non-hydrogen) atoms. The summed E-state index contributed by atoms with van der Waals surface area (Å²) in [4.78, 5) is 11.3. The lowest BCUT2D eigenvalue weighted by atomic mass is 9.98. The molecule has 0 saturated carbocycles. The van der Waals surface area contributed by atoms with Gasteiger partial charge in [0.25, 0.3) is 0 Å². The standard InChI is InChI=1S/C15H12ClFO/c1-9-7-12(16)4-5-13(9)11-3-6-15(17)14(8-11)10(2)18/h3-8H,1-2H3. The van der Waals surface area contributed by atoms with Gasteiger partial charge in [-0.25, -0.2) is 4.39 Å². The van der Waals surface area contributed by atoms with Gasteiger partial charge in [0.2, 0.25) is 0 Å². The van der Waals surface area contributed by atoms with Crippen LogP contribution in [0.15, 0.2) is 36.4 Å². The van der Waals surface area contributed by atoms with Crippen molar-refractivity contribution in [2.24, 2.45) is 0 Å². The monoisotopic (exact) mass is 262 g/mol. The summed E-state index contributed by atoms with van der Waals surface area (Å²) in [6.07, 6.45) is 0. The Morgan fingerprint density at radius 3 is 2.50 bits per heavy atom. The molecule has 0 aliphatic heterocycles. The van der Waals surface area contributed by atoms with Crippen molar-refractivity contribution in [2.75, 3.05) is 0 Å². The fourth-order valence-corrected chi connectivity index (χ4v) is 2.14. The average Bonchev–Trinajstić information content (AvgIpc) is 2.30. The van der Waals surface area contributed by atoms with E-state index in [0.717, 1.165) is 16.7 Å². The Kier molecular flexibility index (Phi) is 3.48. The average molecular weight is 263 g/mol. The number of Topliss-reactive ketones (excluding diaryl/α,β-unsaturated/α-hetero) is 1. The third-order valence-corrected chi connectivity index (χ3v) is 3.08. The Hall–Kier alpha value is -1.67. The minimum atomic E-state index is -0.488. The molecule has 2 rings (SSSR count). The summed E-state index contributed by atoms with van der Waals surface area (Å²) >= 11 is 5.90. The van der Waals surface area contributed by atoms with Crippen molar-refractivity contribution in [1.29, 1.82) is 0 Å². The van der Waals surface area contributed by atoms with Crippen molar-refractivity contribution in [3.05, 3.63) is 58.4 Å². The van der Waals surface area contributed by atoms with Gasteiger partial charge in [-0.1, -0.05) is 23.7 Å². The first kappa shape index (κ1) is 12.8. The number of benzene rings is 2. The molecule has 0 amide bonds. The Morgan fingerprint density at radius 2 is 1.89 bits per heavy atom. The van der Waals surface area contributed by atoms with Crippen LogP contribution in [0.4, 0.5) is 4.39 Å². The SMILES string of the molecule is CC(=O)c1cc(-c2ccc(Cl)cc2C)ccc1F. The van der Waals surface area contributed by atoms with Crippen molar-refractivity contribution in [2.45, 2.75) is 13.8 Å². The van der Waals surface area contributed by atoms with Crippen LogP contribution >= 0.6 is 11.6 Å². The van der Waals surface area contributed by atoms with E-state index >= 15 is 0 Å². The van der Waals surface area contributed by atoms with Crippen LogP contribution in [0.1, 0.15) is 22.8 Å². The normalized spacial score (nSPS) is 10.4. The smallest absolute Gasteiger partial charge is 0.162 e. The van der Waals surface area contributed by atoms with Crippen LogP contribution in [0.25, 0.3) is 11.1 Å². The zero-order chi connectivity index (χ0) is 13.3. The van der Waals surface area contributed by atoms with Crippen LogP contribution in [0, 0.1) is 12.7 Å². The van der Waals surface area contributed by atoms with Crippen LogP contribution in [0.5, 0.6) is 0 Å². The minimum Gasteiger partial charge on any atom is -0.294 e. The molecular weight excluding hydrogens is 251 g/mol. The van der Waals surface area contributed by atoms with E-state index in [-0.39, 0.29) is 11.3 Å². The Balaban J connectivity index is 2.58. The summed E-state index contributed by atoms with van der Waals surface area (Å²) < 4.78 is 13.5. The van der Waals surface area contributed by atoms with Crippen LogP contribution in [0.3, 0.4) is 0 Å². The number of halogens is 2. The maximum absolute atomic E-state index is 13.5. The molecule has 0 saturated heterocycles. The van der Waals surface area contributed by atoms with Gasteiger partial charge in [-0.05, 0) is 54.8 Å². The summed E-state index contributed by atoms with van der Waals surface area (Å²) in [5.74, 6) is -0.765. The van der Waals surface area contributed by atoms with Crippen LogP contribution in [-0.4, -0.2) is 5.78 Å². The number of carbonyl (C=O) groups excluding carboxylic acids is 1. The largest absolute Gasteiger partial charge is 0.294 e. The summed E-state index contributed by atoms with van der Waals surface area (Å²) in [5, 5.41) is 0.658. The van der Waals surface area contributed by atoms with Gasteiger partial charge < -0.3 is 0 Å². The highest BCUT2D eigenvalue weighted by Crippen LogP contribution is 2.27. The number of carbonyl (C=O) groups is 1. The van der Waals surface area contributed by atoms with E-state index in [4.69, 9.17) is 11.6 Å². The van der Waals surface area contributed by atoms with E-state index in [1.54, 1.807) is 18.2 Å². The molecule has 0 bridgehead atoms. The molecular formula is C15H12ClFO. The summed E-state index contributed by atoms with van der Waals surface area (Å²) in [6, 6.07) is 10.1. The number of hydrogen-bond donors (Lipinski definition) is 0. The van der Waals surface area contributed by atoms with E-state index in [0.29, 0.717) is 5.02 Å². The third-order valence-electron chi connectivity index (χ3n) is 2.85. The van der Waals surface area contributed by atoms with Gasteiger partial charge in [0, 0.05) is 5.02 Å². The molecule has 0 radical (unpaired) electrons. The lowest BCUT2D eigenvalue weighted by Crippen LogP contribution is -1.97. The summed E-state index contributed by atoms with van der Waals surface area (Å²) in [7, 11) is 0. The summed E-state index contributed by atoms with van der Waals surface area (Å²) in [6.45, 7) is 3.29. The Bertz CT molecular complexity index is 620. The molecule has 0 heterocycles. The second-order valence-electron chi connectivity index (χ2n) is 4.21. The maximum atomic E-state index is 13.5. The molecule has 92 valence electrons. The molecule has 0 aromatic heterocycles. The number of rotatable bonds is 2. The fraction of sp³-hybridized carbons (Fsp3) is 0.133. The van der Waals surface area contributed by atoms with Crippen LogP contribution in [-0.2, 0) is 0 Å². The third kappa shape index (κ3) is 2.44. The molecule has 0 aliphatic carbocycles. The van der Waals surface area contributed by atoms with Gasteiger partial charge in [0.05, 0.1) is 5.56 Å². The molecule has 0 unspecified atom stereocenters. The van der Waals surface area contributed by atoms with Crippen LogP contribution in [0.2, 0.25) is 5.02 Å². The van der Waals surface area contributed by atoms with Gasteiger partial charge in [-0.2, -0.15) is 0 Å². The van der Waals surface area contributed by atoms with E-state index < -0.39 is 5.82 Å². The van der Waals surface area contributed by atoms with Crippen molar-refractivity contribution < 1.29 is 9.18 Å². The lowest BCUT2D eigenvalue weighted by molar-refractivity contribution is 0.101. The zero-order valence-electron chi connectivity index (χ0n) is 10.1. The Morgan fingerprint density at radius 1 is 1.17 bits per heavy atom. The van der Waals surface area contributed by atoms with Gasteiger partial charge in [0.15, 0.2) is 5.78 Å². The first-order chi connectivity index (χ1) is 8.49. The predicted octanol–water partition coefficient (Wildman–Crippen LogP) is 4.66. The van der Waals surface area contributed by atoms with Gasteiger partial charge in [-0.3, -0.25) is 4.79 Å². The fourth-order valence-electron chi connectivity index (χ4n) is 1.91. The molecule has 0 aliphatic rings. The number of ketones is 1. The molecule has 2 aromatic rings. The highest BCUT2D eigenvalue weighted by atomic mass is 35.5. The summed E-state index contributed by atoms with van der Waals surface area (Å²) in [5.41, 5.74) is 2.86. The maximum Gasteiger partial charge on any atom is 0.162 e. The van der Waals surface area contributed by atoms with Crippen molar-refractivity contribution in [3.8, 4) is 11.1 Å². The van der Waals surface area contributed by atoms with E-state index in [1.807, 2.05) is 19.1 Å². The zero-order valence-corrected chi connectivity index (χ0v) is 10.9. The number of hydrogen-bond acceptors (Lipinski definition) is 1. The molecule has 0 N–H and O–H groups in total. The van der Waals surface area contributed by atoms with E-state index in [1.165, 1.54) is 13.0 Å². The quantitative estimate of drug-likeness (QED) is 0.720. The molecule has 3 heteroatoms. The van der Waals surface area contributed by atoms with Gasteiger partial charge in [0.1, 0.15) is 5.82 Å². The predicted molar refractivity (Wildman–Crippen MR) is 71.6 cm³/mol. The lowest BCUT2D eigenvalue weighted by Gasteiger charge is -2.08. The first-order valence-corrected chi connectivity index (χ1v) is 5.94. The molecule has 0 atom stereocenters. The molecule has 2 aromatic carbocycles. The molecule has 0 spiro atoms. The van der Waals surface area contributed by atoms with Crippen molar-refractivity contribution in [1.82, 2.24) is 0 Å². The first-order valence-electron chi connectivity index (χ1n) is 5.56. The van der Waals surface area contributed by atoms with Crippen molar-refractivity contribution in [3.63, 3.8) is 0 Å². The molecule has 0 fully saturated rings. The van der Waals surface area contributed by atoms with Gasteiger partial charge >= 0.3 is 0 Å². The second-order valence-corrected chi connectivity index (χ2v) is 4.65. The van der Waals surface area contributed by atoms with E-state index in [9.17, 15) is 9.18 Å². The van der Waals surface area contributed by atoms with Crippen molar-refractivity contribution >= 4 is 17.4 Å². The Labute approximate surface area is 110 Å².